The third kappa shape index (κ3) is 3.90. The number of carbonyl (C=O) groups is 1. The van der Waals surface area contributed by atoms with Crippen LogP contribution in [0, 0.1) is 0 Å². The number of hydrogen-bond acceptors (Lipinski definition) is 3. The second kappa shape index (κ2) is 6.43. The smallest absolute Gasteiger partial charge is 0.324 e. The van der Waals surface area contributed by atoms with E-state index in [-0.39, 0.29) is 5.97 Å². The number of halogens is 1. The second-order valence-corrected chi connectivity index (χ2v) is 3.43. The summed E-state index contributed by atoms with van der Waals surface area (Å²) < 4.78 is 4.61. The summed E-state index contributed by atoms with van der Waals surface area (Å²) in [5.41, 5.74) is 1.18. The first-order valence-corrected chi connectivity index (χ1v) is 5.13. The summed E-state index contributed by atoms with van der Waals surface area (Å²) in [5.74, 6) is -0.332. The van der Waals surface area contributed by atoms with Gasteiger partial charge in [0.05, 0.1) is 7.11 Å². The lowest BCUT2D eigenvalue weighted by atomic mass is 10.1. The molecule has 1 rings (SSSR count). The fourth-order valence-corrected chi connectivity index (χ4v) is 1.51. The van der Waals surface area contributed by atoms with Crippen LogP contribution in [0.1, 0.15) is 12.0 Å². The topological polar surface area (TPSA) is 38.3 Å². The van der Waals surface area contributed by atoms with Crippen LogP contribution in [0.25, 0.3) is 0 Å². The molecule has 0 unspecified atom stereocenters. The Morgan fingerprint density at radius 3 is 2.67 bits per heavy atom. The highest BCUT2D eigenvalue weighted by Gasteiger charge is 2.17. The molecule has 3 nitrogen and oxygen atoms in total. The van der Waals surface area contributed by atoms with E-state index in [4.69, 9.17) is 11.8 Å². The molecule has 0 spiro atoms. The van der Waals surface area contributed by atoms with Crippen LogP contribution in [-0.2, 0) is 16.0 Å². The number of rotatable bonds is 5. The zero-order valence-electron chi connectivity index (χ0n) is 8.57. The first-order valence-electron chi connectivity index (χ1n) is 4.76. The quantitative estimate of drug-likeness (QED) is 0.617. The van der Waals surface area contributed by atoms with Gasteiger partial charge in [-0.15, -0.1) is 0 Å². The number of benzene rings is 1. The minimum absolute atomic E-state index is 0.332. The summed E-state index contributed by atoms with van der Waals surface area (Å²) in [5, 5.41) is 0. The van der Waals surface area contributed by atoms with Crippen molar-refractivity contribution in [2.24, 2.45) is 0 Å². The largest absolute Gasteiger partial charge is 0.468 e. The normalized spacial score (nSPS) is 12.1. The van der Waals surface area contributed by atoms with Crippen molar-refractivity contribution >= 4 is 17.7 Å². The molecule has 0 heterocycles. The van der Waals surface area contributed by atoms with E-state index in [1.54, 1.807) is 0 Å². The van der Waals surface area contributed by atoms with Crippen LogP contribution in [0.15, 0.2) is 30.3 Å². The van der Waals surface area contributed by atoms with E-state index in [2.05, 4.69) is 9.57 Å². The van der Waals surface area contributed by atoms with Gasteiger partial charge >= 0.3 is 5.97 Å². The van der Waals surface area contributed by atoms with Crippen LogP contribution in [0.5, 0.6) is 0 Å². The maximum atomic E-state index is 11.2. The molecule has 0 saturated carbocycles. The zero-order valence-corrected chi connectivity index (χ0v) is 9.33. The predicted molar refractivity (Wildman–Crippen MR) is 59.6 cm³/mol. The van der Waals surface area contributed by atoms with Gasteiger partial charge in [0.25, 0.3) is 0 Å². The molecule has 0 saturated heterocycles. The lowest BCUT2D eigenvalue weighted by molar-refractivity contribution is -0.142. The Labute approximate surface area is 94.5 Å². The molecule has 0 aliphatic rings. The molecule has 0 aliphatic carbocycles. The van der Waals surface area contributed by atoms with Gasteiger partial charge in [0, 0.05) is 0 Å². The van der Waals surface area contributed by atoms with Crippen molar-refractivity contribution in [3.8, 4) is 0 Å². The standard InChI is InChI=1S/C11H14ClNO2/c1-15-11(14)10(13-12)8-7-9-5-3-2-4-6-9/h2-6,10,13H,7-8H2,1H3/t10-/m0/s1. The molecule has 1 aromatic carbocycles. The molecule has 1 atom stereocenters. The number of hydrogen-bond donors (Lipinski definition) is 1. The van der Waals surface area contributed by atoms with Crippen LogP contribution in [0.2, 0.25) is 0 Å². The van der Waals surface area contributed by atoms with Crippen LogP contribution < -0.4 is 4.84 Å². The highest BCUT2D eigenvalue weighted by molar-refractivity contribution is 6.14. The maximum absolute atomic E-state index is 11.2. The highest BCUT2D eigenvalue weighted by atomic mass is 35.5. The lowest BCUT2D eigenvalue weighted by Gasteiger charge is -2.11. The summed E-state index contributed by atoms with van der Waals surface area (Å²) in [4.78, 5) is 13.6. The second-order valence-electron chi connectivity index (χ2n) is 3.21. The minimum Gasteiger partial charge on any atom is -0.468 e. The van der Waals surface area contributed by atoms with Crippen LogP contribution >= 0.6 is 11.8 Å². The molecule has 1 N–H and O–H groups in total. The zero-order chi connectivity index (χ0) is 11.1. The third-order valence-electron chi connectivity index (χ3n) is 2.18. The van der Waals surface area contributed by atoms with Crippen LogP contribution in [-0.4, -0.2) is 19.1 Å². The SMILES string of the molecule is COC(=O)[C@H](CCc1ccccc1)NCl. The molecule has 4 heteroatoms. The van der Waals surface area contributed by atoms with Gasteiger partial charge in [-0.05, 0) is 30.2 Å². The van der Waals surface area contributed by atoms with Gasteiger partial charge in [0.15, 0.2) is 0 Å². The van der Waals surface area contributed by atoms with E-state index in [0.29, 0.717) is 6.42 Å². The number of esters is 1. The van der Waals surface area contributed by atoms with Crippen molar-refractivity contribution in [3.63, 3.8) is 0 Å². The fraction of sp³-hybridized carbons (Fsp3) is 0.364. The van der Waals surface area contributed by atoms with Gasteiger partial charge in [-0.1, -0.05) is 30.3 Å². The molecule has 1 aromatic rings. The molecule has 0 aliphatic heterocycles. The van der Waals surface area contributed by atoms with Crippen LogP contribution in [0.3, 0.4) is 0 Å². The molecule has 82 valence electrons. The van der Waals surface area contributed by atoms with Crippen LogP contribution in [0.4, 0.5) is 0 Å². The van der Waals surface area contributed by atoms with Crippen molar-refractivity contribution < 1.29 is 9.53 Å². The molecule has 0 amide bonds. The van der Waals surface area contributed by atoms with Crippen molar-refractivity contribution in [2.75, 3.05) is 7.11 Å². The number of carbonyl (C=O) groups excluding carboxylic acids is 1. The van der Waals surface area contributed by atoms with Crippen molar-refractivity contribution in [1.82, 2.24) is 4.84 Å². The van der Waals surface area contributed by atoms with Gasteiger partial charge in [-0.2, -0.15) is 0 Å². The van der Waals surface area contributed by atoms with Gasteiger partial charge in [-0.25, -0.2) is 4.84 Å². The Morgan fingerprint density at radius 1 is 1.47 bits per heavy atom. The van der Waals surface area contributed by atoms with Crippen molar-refractivity contribution in [3.05, 3.63) is 35.9 Å². The summed E-state index contributed by atoms with van der Waals surface area (Å²) in [7, 11) is 1.35. The Bertz CT molecular complexity index is 303. The molecule has 0 fully saturated rings. The van der Waals surface area contributed by atoms with E-state index in [9.17, 15) is 4.79 Å². The fourth-order valence-electron chi connectivity index (χ4n) is 1.31. The summed E-state index contributed by atoms with van der Waals surface area (Å²) in [6.45, 7) is 0. The van der Waals surface area contributed by atoms with E-state index in [1.807, 2.05) is 30.3 Å². The predicted octanol–water partition coefficient (Wildman–Crippen LogP) is 1.90. The first-order chi connectivity index (χ1) is 7.27. The summed E-state index contributed by atoms with van der Waals surface area (Å²) in [6, 6.07) is 9.48. The number of nitrogens with one attached hydrogen (secondary N) is 1. The van der Waals surface area contributed by atoms with Crippen molar-refractivity contribution in [1.29, 1.82) is 0 Å². The van der Waals surface area contributed by atoms with Gasteiger partial charge in [0.1, 0.15) is 6.04 Å². The van der Waals surface area contributed by atoms with E-state index in [1.165, 1.54) is 12.7 Å². The summed E-state index contributed by atoms with van der Waals surface area (Å²) >= 11 is 5.46. The number of ether oxygens (including phenoxy) is 1. The van der Waals surface area contributed by atoms with Gasteiger partial charge < -0.3 is 4.74 Å². The Kier molecular flexibility index (Phi) is 5.15. The number of methoxy groups -OCH3 is 1. The third-order valence-corrected chi connectivity index (χ3v) is 2.45. The van der Waals surface area contributed by atoms with E-state index in [0.717, 1.165) is 6.42 Å². The minimum atomic E-state index is -0.447. The van der Waals surface area contributed by atoms with E-state index >= 15 is 0 Å². The van der Waals surface area contributed by atoms with Crippen molar-refractivity contribution in [2.45, 2.75) is 18.9 Å². The van der Waals surface area contributed by atoms with Gasteiger partial charge in [0.2, 0.25) is 0 Å². The molecule has 15 heavy (non-hydrogen) atoms. The molecular formula is C11H14ClNO2. The molecule has 0 radical (unpaired) electrons. The maximum Gasteiger partial charge on any atom is 0.324 e. The lowest BCUT2D eigenvalue weighted by Crippen LogP contribution is -2.32. The van der Waals surface area contributed by atoms with Gasteiger partial charge in [-0.3, -0.25) is 4.79 Å². The molecule has 0 aromatic heterocycles. The Balaban J connectivity index is 2.44. The Hall–Kier alpha value is -1.06. The number of aryl methyl sites for hydroxylation is 1. The molecule has 0 bridgehead atoms. The van der Waals surface area contributed by atoms with E-state index < -0.39 is 6.04 Å². The summed E-state index contributed by atoms with van der Waals surface area (Å²) in [6.07, 6.45) is 1.42. The average molecular weight is 228 g/mol. The first kappa shape index (κ1) is 12.0. The highest BCUT2D eigenvalue weighted by Crippen LogP contribution is 2.06. The Morgan fingerprint density at radius 2 is 2.13 bits per heavy atom. The monoisotopic (exact) mass is 227 g/mol. The average Bonchev–Trinajstić information content (AvgIpc) is 2.31. The molecular weight excluding hydrogens is 214 g/mol.